The fourth-order valence-corrected chi connectivity index (χ4v) is 3.89. The van der Waals surface area contributed by atoms with Crippen LogP contribution in [0.1, 0.15) is 5.56 Å². The van der Waals surface area contributed by atoms with E-state index in [0.717, 1.165) is 21.9 Å². The van der Waals surface area contributed by atoms with Gasteiger partial charge in [-0.15, -0.1) is 11.3 Å². The number of thiophene rings is 1. The summed E-state index contributed by atoms with van der Waals surface area (Å²) in [4.78, 5) is 9.46. The van der Waals surface area contributed by atoms with Crippen molar-refractivity contribution in [1.29, 1.82) is 0 Å². The number of benzene rings is 2. The van der Waals surface area contributed by atoms with E-state index in [9.17, 15) is 0 Å². The molecule has 0 spiro atoms. The van der Waals surface area contributed by atoms with Gasteiger partial charge in [0, 0.05) is 22.3 Å². The monoisotopic (exact) mass is 332 g/mol. The van der Waals surface area contributed by atoms with Crippen LogP contribution in [0.25, 0.3) is 20.7 Å². The Kier molecular flexibility index (Phi) is 3.63. The van der Waals surface area contributed by atoms with Crippen molar-refractivity contribution in [2.45, 2.75) is 6.92 Å². The first-order chi connectivity index (χ1) is 11.7. The molecule has 4 rings (SSSR count). The first-order valence-corrected chi connectivity index (χ1v) is 8.46. The Morgan fingerprint density at radius 1 is 1.00 bits per heavy atom. The summed E-state index contributed by atoms with van der Waals surface area (Å²) in [5.74, 6) is 0.302. The van der Waals surface area contributed by atoms with Crippen molar-refractivity contribution in [3.63, 3.8) is 0 Å². The molecule has 0 fully saturated rings. The fourth-order valence-electron chi connectivity index (χ4n) is 2.73. The molecule has 4 nitrogen and oxygen atoms in total. The van der Waals surface area contributed by atoms with Crippen LogP contribution in [0, 0.1) is 6.92 Å². The van der Waals surface area contributed by atoms with Crippen LogP contribution in [0.15, 0.2) is 60.8 Å². The summed E-state index contributed by atoms with van der Waals surface area (Å²) >= 11 is 1.73. The average molecular weight is 332 g/mol. The number of aromatic nitrogens is 2. The molecule has 0 aliphatic heterocycles. The van der Waals surface area contributed by atoms with Crippen LogP contribution < -0.4 is 11.1 Å². The molecule has 0 unspecified atom stereocenters. The van der Waals surface area contributed by atoms with Gasteiger partial charge in [-0.3, -0.25) is 0 Å². The standard InChI is InChI=1S/C19H16N4S/c1-12-15-11-14(22-13-5-3-2-4-6-13)7-8-17(15)24-18(12)16-9-10-21-19(20)23-16/h2-11,22H,1H3,(H2,20,21,23). The largest absolute Gasteiger partial charge is 0.368 e. The molecule has 0 radical (unpaired) electrons. The Labute approximate surface area is 144 Å². The zero-order chi connectivity index (χ0) is 16.5. The second-order valence-electron chi connectivity index (χ2n) is 5.56. The number of nitrogens with two attached hydrogens (primary N) is 1. The lowest BCUT2D eigenvalue weighted by molar-refractivity contribution is 1.19. The van der Waals surface area contributed by atoms with Crippen LogP contribution in [-0.2, 0) is 0 Å². The highest BCUT2D eigenvalue weighted by Gasteiger charge is 2.12. The van der Waals surface area contributed by atoms with Crippen LogP contribution >= 0.6 is 11.3 Å². The Bertz CT molecular complexity index is 1010. The lowest BCUT2D eigenvalue weighted by Gasteiger charge is -2.06. The van der Waals surface area contributed by atoms with Gasteiger partial charge < -0.3 is 11.1 Å². The minimum atomic E-state index is 0.302. The lowest BCUT2D eigenvalue weighted by Crippen LogP contribution is -1.94. The third-order valence-electron chi connectivity index (χ3n) is 3.91. The Morgan fingerprint density at radius 3 is 2.62 bits per heavy atom. The number of hydrogen-bond acceptors (Lipinski definition) is 5. The summed E-state index contributed by atoms with van der Waals surface area (Å²) in [5.41, 5.74) is 9.96. The van der Waals surface area contributed by atoms with E-state index in [1.54, 1.807) is 17.5 Å². The maximum absolute atomic E-state index is 5.72. The summed E-state index contributed by atoms with van der Waals surface area (Å²) in [6, 6.07) is 18.5. The molecule has 2 aromatic carbocycles. The van der Waals surface area contributed by atoms with Gasteiger partial charge in [0.1, 0.15) is 0 Å². The predicted molar refractivity (Wildman–Crippen MR) is 102 cm³/mol. The predicted octanol–water partition coefficient (Wildman–Crippen LogP) is 4.99. The van der Waals surface area contributed by atoms with E-state index >= 15 is 0 Å². The molecule has 0 saturated carbocycles. The molecule has 0 amide bonds. The summed E-state index contributed by atoms with van der Waals surface area (Å²) in [6.07, 6.45) is 1.70. The van der Waals surface area contributed by atoms with E-state index in [-0.39, 0.29) is 0 Å². The van der Waals surface area contributed by atoms with Gasteiger partial charge in [0.15, 0.2) is 0 Å². The van der Waals surface area contributed by atoms with Gasteiger partial charge in [-0.05, 0) is 54.3 Å². The Morgan fingerprint density at radius 2 is 1.83 bits per heavy atom. The van der Waals surface area contributed by atoms with Crippen molar-refractivity contribution in [2.24, 2.45) is 0 Å². The molecule has 0 aliphatic rings. The molecule has 5 heteroatoms. The van der Waals surface area contributed by atoms with Gasteiger partial charge in [-0.2, -0.15) is 0 Å². The summed E-state index contributed by atoms with van der Waals surface area (Å²) in [5, 5.41) is 4.67. The Hall–Kier alpha value is -2.92. The normalized spacial score (nSPS) is 10.9. The van der Waals surface area contributed by atoms with Gasteiger partial charge in [-0.25, -0.2) is 9.97 Å². The SMILES string of the molecule is Cc1c(-c2ccnc(N)n2)sc2ccc(Nc3ccccc3)cc12. The zero-order valence-corrected chi connectivity index (χ0v) is 14.0. The van der Waals surface area contributed by atoms with Crippen LogP contribution in [0.3, 0.4) is 0 Å². The molecule has 118 valence electrons. The van der Waals surface area contributed by atoms with E-state index in [4.69, 9.17) is 5.73 Å². The number of rotatable bonds is 3. The summed E-state index contributed by atoms with van der Waals surface area (Å²) < 4.78 is 1.23. The molecule has 24 heavy (non-hydrogen) atoms. The maximum Gasteiger partial charge on any atom is 0.220 e. The summed E-state index contributed by atoms with van der Waals surface area (Å²) in [7, 11) is 0. The Balaban J connectivity index is 1.76. The number of hydrogen-bond donors (Lipinski definition) is 2. The van der Waals surface area contributed by atoms with Crippen LogP contribution in [-0.4, -0.2) is 9.97 Å². The minimum absolute atomic E-state index is 0.302. The van der Waals surface area contributed by atoms with Gasteiger partial charge in [0.2, 0.25) is 5.95 Å². The molecule has 0 aliphatic carbocycles. The third kappa shape index (κ3) is 2.70. The topological polar surface area (TPSA) is 63.8 Å². The van der Waals surface area contributed by atoms with Crippen molar-refractivity contribution in [1.82, 2.24) is 9.97 Å². The van der Waals surface area contributed by atoms with Crippen LogP contribution in [0.2, 0.25) is 0 Å². The number of nitrogens with zero attached hydrogens (tertiary/aromatic N) is 2. The number of aryl methyl sites for hydroxylation is 1. The highest BCUT2D eigenvalue weighted by molar-refractivity contribution is 7.22. The number of nitrogens with one attached hydrogen (secondary N) is 1. The number of anilines is 3. The van der Waals surface area contributed by atoms with Gasteiger partial charge >= 0.3 is 0 Å². The van der Waals surface area contributed by atoms with Crippen LogP contribution in [0.4, 0.5) is 17.3 Å². The average Bonchev–Trinajstić information content (AvgIpc) is 2.93. The number of fused-ring (bicyclic) bond motifs is 1. The molecule has 2 aromatic heterocycles. The fraction of sp³-hybridized carbons (Fsp3) is 0.0526. The van der Waals surface area contributed by atoms with Crippen molar-refractivity contribution >= 4 is 38.7 Å². The van der Waals surface area contributed by atoms with Crippen molar-refractivity contribution in [3.8, 4) is 10.6 Å². The number of nitrogen functional groups attached to an aromatic ring is 1. The van der Waals surface area contributed by atoms with Gasteiger partial charge in [0.25, 0.3) is 0 Å². The summed E-state index contributed by atoms with van der Waals surface area (Å²) in [6.45, 7) is 2.12. The molecule has 2 heterocycles. The van der Waals surface area contributed by atoms with Gasteiger partial charge in [-0.1, -0.05) is 18.2 Å². The quantitative estimate of drug-likeness (QED) is 0.554. The molecular weight excluding hydrogens is 316 g/mol. The smallest absolute Gasteiger partial charge is 0.220 e. The molecular formula is C19H16N4S. The van der Waals surface area contributed by atoms with Crippen molar-refractivity contribution in [3.05, 3.63) is 66.4 Å². The highest BCUT2D eigenvalue weighted by atomic mass is 32.1. The molecule has 0 bridgehead atoms. The third-order valence-corrected chi connectivity index (χ3v) is 5.20. The lowest BCUT2D eigenvalue weighted by atomic mass is 10.1. The second kappa shape index (κ2) is 5.94. The minimum Gasteiger partial charge on any atom is -0.368 e. The van der Waals surface area contributed by atoms with Crippen molar-refractivity contribution < 1.29 is 0 Å². The second-order valence-corrected chi connectivity index (χ2v) is 6.61. The molecule has 0 atom stereocenters. The van der Waals surface area contributed by atoms with E-state index in [1.807, 2.05) is 24.3 Å². The van der Waals surface area contributed by atoms with E-state index in [2.05, 4.69) is 52.5 Å². The van der Waals surface area contributed by atoms with Crippen LogP contribution in [0.5, 0.6) is 0 Å². The molecule has 4 aromatic rings. The zero-order valence-electron chi connectivity index (χ0n) is 13.2. The highest BCUT2D eigenvalue weighted by Crippen LogP contribution is 2.38. The molecule has 0 saturated heterocycles. The van der Waals surface area contributed by atoms with E-state index in [0.29, 0.717) is 5.95 Å². The first kappa shape index (κ1) is 14.7. The first-order valence-electron chi connectivity index (χ1n) is 7.65. The molecule has 3 N–H and O–H groups in total. The van der Waals surface area contributed by atoms with E-state index < -0.39 is 0 Å². The van der Waals surface area contributed by atoms with Gasteiger partial charge in [0.05, 0.1) is 10.6 Å². The number of para-hydroxylation sites is 1. The van der Waals surface area contributed by atoms with Crippen molar-refractivity contribution in [2.75, 3.05) is 11.1 Å². The van der Waals surface area contributed by atoms with E-state index in [1.165, 1.54) is 15.6 Å². The maximum atomic E-state index is 5.72.